The number of rotatable bonds is 3. The first-order chi connectivity index (χ1) is 8.41. The molecule has 7 nitrogen and oxygen atoms in total. The Morgan fingerprint density at radius 2 is 1.94 bits per heavy atom. The van der Waals surface area contributed by atoms with E-state index in [9.17, 15) is 24.8 Å². The van der Waals surface area contributed by atoms with E-state index in [1.165, 1.54) is 19.1 Å². The maximum absolute atomic E-state index is 11.9. The van der Waals surface area contributed by atoms with E-state index in [1.807, 2.05) is 0 Å². The number of aliphatic hydroxyl groups is 1. The van der Waals surface area contributed by atoms with Crippen LogP contribution in [0.1, 0.15) is 27.6 Å². The Kier molecular flexibility index (Phi) is 2.84. The van der Waals surface area contributed by atoms with Gasteiger partial charge in [0.15, 0.2) is 0 Å². The lowest BCUT2D eigenvalue weighted by Gasteiger charge is -2.15. The van der Waals surface area contributed by atoms with Gasteiger partial charge in [0.1, 0.15) is 0 Å². The largest absolute Gasteiger partial charge is 0.392 e. The fourth-order valence-corrected chi connectivity index (χ4v) is 1.82. The molecule has 1 unspecified atom stereocenters. The van der Waals surface area contributed by atoms with Crippen molar-refractivity contribution in [2.45, 2.75) is 13.0 Å². The van der Waals surface area contributed by atoms with Gasteiger partial charge in [0.2, 0.25) is 0 Å². The van der Waals surface area contributed by atoms with Gasteiger partial charge in [0.05, 0.1) is 28.7 Å². The van der Waals surface area contributed by atoms with Crippen LogP contribution in [-0.4, -0.2) is 39.4 Å². The predicted octanol–water partition coefficient (Wildman–Crippen LogP) is 0.572. The van der Waals surface area contributed by atoms with Crippen LogP contribution in [0, 0.1) is 10.1 Å². The molecular weight excluding hydrogens is 240 g/mol. The third-order valence-electron chi connectivity index (χ3n) is 2.61. The number of amides is 2. The summed E-state index contributed by atoms with van der Waals surface area (Å²) >= 11 is 0. The number of aliphatic hydroxyl groups excluding tert-OH is 1. The average Bonchev–Trinajstić information content (AvgIpc) is 2.53. The summed E-state index contributed by atoms with van der Waals surface area (Å²) in [6.45, 7) is 1.33. The molecule has 0 aliphatic carbocycles. The Bertz CT molecular complexity index is 552. The number of hydrogen-bond donors (Lipinski definition) is 1. The van der Waals surface area contributed by atoms with Gasteiger partial charge in [-0.05, 0) is 13.0 Å². The van der Waals surface area contributed by atoms with E-state index in [4.69, 9.17) is 0 Å². The van der Waals surface area contributed by atoms with Gasteiger partial charge in [-0.1, -0.05) is 0 Å². The second kappa shape index (κ2) is 4.19. The number of carbonyl (C=O) groups excluding carboxylic acids is 2. The average molecular weight is 250 g/mol. The van der Waals surface area contributed by atoms with Gasteiger partial charge >= 0.3 is 0 Å². The van der Waals surface area contributed by atoms with Crippen LogP contribution in [0.2, 0.25) is 0 Å². The first kappa shape index (κ1) is 12.2. The van der Waals surface area contributed by atoms with Crippen molar-refractivity contribution < 1.29 is 19.6 Å². The van der Waals surface area contributed by atoms with E-state index in [0.29, 0.717) is 0 Å². The van der Waals surface area contributed by atoms with Gasteiger partial charge in [-0.2, -0.15) is 0 Å². The monoisotopic (exact) mass is 250 g/mol. The lowest BCUT2D eigenvalue weighted by Crippen LogP contribution is -2.35. The first-order valence-corrected chi connectivity index (χ1v) is 5.24. The van der Waals surface area contributed by atoms with Crippen molar-refractivity contribution in [3.05, 3.63) is 39.4 Å². The van der Waals surface area contributed by atoms with Crippen molar-refractivity contribution in [1.29, 1.82) is 0 Å². The number of β-amino-alcohol motifs (C(OH)–C–C–N with tert-alkyl or cyclic N) is 1. The molecule has 1 heterocycles. The molecule has 1 atom stereocenters. The number of imide groups is 1. The Morgan fingerprint density at radius 3 is 2.50 bits per heavy atom. The summed E-state index contributed by atoms with van der Waals surface area (Å²) in [7, 11) is 0. The quantitative estimate of drug-likeness (QED) is 0.480. The topological polar surface area (TPSA) is 101 Å². The van der Waals surface area contributed by atoms with Crippen LogP contribution in [0.15, 0.2) is 18.2 Å². The molecule has 7 heteroatoms. The molecule has 0 saturated carbocycles. The lowest BCUT2D eigenvalue weighted by atomic mass is 10.1. The highest BCUT2D eigenvalue weighted by Gasteiger charge is 2.37. The number of non-ortho nitro benzene ring substituents is 1. The summed E-state index contributed by atoms with van der Waals surface area (Å²) in [4.78, 5) is 34.6. The van der Waals surface area contributed by atoms with Crippen LogP contribution in [0.4, 0.5) is 5.69 Å². The molecule has 1 aromatic rings. The molecule has 0 fully saturated rings. The van der Waals surface area contributed by atoms with E-state index in [1.54, 1.807) is 0 Å². The zero-order chi connectivity index (χ0) is 13.4. The maximum atomic E-state index is 11.9. The van der Waals surface area contributed by atoms with E-state index < -0.39 is 22.8 Å². The minimum Gasteiger partial charge on any atom is -0.392 e. The van der Waals surface area contributed by atoms with Gasteiger partial charge < -0.3 is 5.11 Å². The van der Waals surface area contributed by atoms with Gasteiger partial charge in [-0.25, -0.2) is 0 Å². The Morgan fingerprint density at radius 1 is 1.33 bits per heavy atom. The number of benzene rings is 1. The maximum Gasteiger partial charge on any atom is 0.270 e. The van der Waals surface area contributed by atoms with Crippen molar-refractivity contribution >= 4 is 17.5 Å². The third kappa shape index (κ3) is 1.84. The molecule has 1 aromatic carbocycles. The highest BCUT2D eigenvalue weighted by Crippen LogP contribution is 2.26. The van der Waals surface area contributed by atoms with Crippen LogP contribution in [0.25, 0.3) is 0 Å². The van der Waals surface area contributed by atoms with Crippen LogP contribution in [-0.2, 0) is 0 Å². The number of hydrogen-bond acceptors (Lipinski definition) is 5. The van der Waals surface area contributed by atoms with Crippen LogP contribution in [0.5, 0.6) is 0 Å². The van der Waals surface area contributed by atoms with E-state index in [0.717, 1.165) is 11.0 Å². The van der Waals surface area contributed by atoms with Crippen LogP contribution >= 0.6 is 0 Å². The first-order valence-electron chi connectivity index (χ1n) is 5.24. The number of nitrogens with zero attached hydrogens (tertiary/aromatic N) is 2. The SMILES string of the molecule is CC(O)CN1C(=O)c2ccc([N+](=O)[O-])cc2C1=O. The number of carbonyl (C=O) groups is 2. The minimum atomic E-state index is -0.845. The second-order valence-electron chi connectivity index (χ2n) is 4.06. The highest BCUT2D eigenvalue weighted by atomic mass is 16.6. The molecule has 18 heavy (non-hydrogen) atoms. The minimum absolute atomic E-state index is 0.00912. The predicted molar refractivity (Wildman–Crippen MR) is 60.1 cm³/mol. The van der Waals surface area contributed by atoms with E-state index in [2.05, 4.69) is 0 Å². The molecule has 0 aromatic heterocycles. The molecule has 1 aliphatic heterocycles. The zero-order valence-electron chi connectivity index (χ0n) is 9.49. The second-order valence-corrected chi connectivity index (χ2v) is 4.06. The van der Waals surface area contributed by atoms with Crippen molar-refractivity contribution in [2.75, 3.05) is 6.54 Å². The fraction of sp³-hybridized carbons (Fsp3) is 0.273. The third-order valence-corrected chi connectivity index (χ3v) is 2.61. The molecular formula is C11H10N2O5. The number of fused-ring (bicyclic) bond motifs is 1. The summed E-state index contributed by atoms with van der Waals surface area (Å²) in [5.74, 6) is -1.15. The molecule has 2 rings (SSSR count). The van der Waals surface area contributed by atoms with Crippen molar-refractivity contribution in [1.82, 2.24) is 4.90 Å². The summed E-state index contributed by atoms with van der Waals surface area (Å²) in [5, 5.41) is 19.8. The Hall–Kier alpha value is -2.28. The number of nitro groups is 1. The van der Waals surface area contributed by atoms with Crippen LogP contribution in [0.3, 0.4) is 0 Å². The fourth-order valence-electron chi connectivity index (χ4n) is 1.82. The van der Waals surface area contributed by atoms with Crippen molar-refractivity contribution in [2.24, 2.45) is 0 Å². The van der Waals surface area contributed by atoms with Gasteiger partial charge in [-0.15, -0.1) is 0 Å². The van der Waals surface area contributed by atoms with Crippen molar-refractivity contribution in [3.8, 4) is 0 Å². The van der Waals surface area contributed by atoms with Crippen LogP contribution < -0.4 is 0 Å². The molecule has 2 amide bonds. The highest BCUT2D eigenvalue weighted by molar-refractivity contribution is 6.21. The standard InChI is InChI=1S/C11H10N2O5/c1-6(14)5-12-10(15)8-3-2-7(13(17)18)4-9(8)11(12)16/h2-4,6,14H,5H2,1H3. The smallest absolute Gasteiger partial charge is 0.270 e. The summed E-state index contributed by atoms with van der Waals surface area (Å²) in [6.07, 6.45) is -0.845. The van der Waals surface area contributed by atoms with Gasteiger partial charge in [0.25, 0.3) is 17.5 Å². The summed E-state index contributed by atoms with van der Waals surface area (Å²) in [6, 6.07) is 3.52. The molecule has 94 valence electrons. The molecule has 0 spiro atoms. The Balaban J connectivity index is 2.42. The molecule has 1 N–H and O–H groups in total. The summed E-state index contributed by atoms with van der Waals surface area (Å²) < 4.78 is 0. The molecule has 0 radical (unpaired) electrons. The van der Waals surface area contributed by atoms with E-state index in [-0.39, 0.29) is 23.4 Å². The van der Waals surface area contributed by atoms with Gasteiger partial charge in [0, 0.05) is 12.1 Å². The van der Waals surface area contributed by atoms with Gasteiger partial charge in [-0.3, -0.25) is 24.6 Å². The van der Waals surface area contributed by atoms with Crippen molar-refractivity contribution in [3.63, 3.8) is 0 Å². The molecule has 0 saturated heterocycles. The lowest BCUT2D eigenvalue weighted by molar-refractivity contribution is -0.384. The van der Waals surface area contributed by atoms with E-state index >= 15 is 0 Å². The molecule has 0 bridgehead atoms. The normalized spacial score (nSPS) is 15.8. The zero-order valence-corrected chi connectivity index (χ0v) is 9.49. The number of nitro benzene ring substituents is 1. The molecule has 1 aliphatic rings. The summed E-state index contributed by atoms with van der Waals surface area (Å²) in [5.41, 5.74) is -0.102. The Labute approximate surface area is 102 Å².